The standard InChI is InChI=1S/C14H19NO4S2/c1-10-8-13(6-4-12(10)5-7-14(16)17)21(18,19)15-9-11(2)20-3/h4-8,11,15H,9H2,1-3H3,(H,16,17)/b7-5+. The third kappa shape index (κ3) is 5.53. The van der Waals surface area contributed by atoms with E-state index in [9.17, 15) is 13.2 Å². The van der Waals surface area contributed by atoms with Crippen LogP contribution in [0.25, 0.3) is 6.08 Å². The number of carbonyl (C=O) groups is 1. The van der Waals surface area contributed by atoms with E-state index < -0.39 is 16.0 Å². The van der Waals surface area contributed by atoms with Gasteiger partial charge >= 0.3 is 5.97 Å². The van der Waals surface area contributed by atoms with Crippen molar-refractivity contribution in [1.82, 2.24) is 4.72 Å². The summed E-state index contributed by atoms with van der Waals surface area (Å²) in [4.78, 5) is 10.7. The number of carboxylic acids is 1. The molecule has 7 heteroatoms. The molecule has 116 valence electrons. The maximum absolute atomic E-state index is 12.1. The number of sulfonamides is 1. The number of hydrogen-bond donors (Lipinski definition) is 2. The zero-order chi connectivity index (χ0) is 16.0. The van der Waals surface area contributed by atoms with E-state index in [1.54, 1.807) is 24.8 Å². The molecule has 0 aliphatic rings. The highest BCUT2D eigenvalue weighted by molar-refractivity contribution is 7.99. The second kappa shape index (κ2) is 7.63. The molecule has 0 saturated heterocycles. The molecule has 0 aliphatic heterocycles. The summed E-state index contributed by atoms with van der Waals surface area (Å²) in [7, 11) is -3.54. The number of rotatable bonds is 7. The summed E-state index contributed by atoms with van der Waals surface area (Å²) in [6.45, 7) is 4.05. The van der Waals surface area contributed by atoms with Crippen molar-refractivity contribution in [3.63, 3.8) is 0 Å². The van der Waals surface area contributed by atoms with Gasteiger partial charge in [-0.3, -0.25) is 0 Å². The van der Waals surface area contributed by atoms with Gasteiger partial charge in [-0.05, 0) is 42.5 Å². The van der Waals surface area contributed by atoms with E-state index in [1.807, 2.05) is 13.2 Å². The Morgan fingerprint density at radius 2 is 2.14 bits per heavy atom. The third-order valence-corrected chi connectivity index (χ3v) is 5.31. The first kappa shape index (κ1) is 17.7. The third-order valence-electron chi connectivity index (χ3n) is 2.92. The van der Waals surface area contributed by atoms with Crippen LogP contribution in [0.5, 0.6) is 0 Å². The first-order valence-corrected chi connectivity index (χ1v) is 9.07. The van der Waals surface area contributed by atoms with Crippen LogP contribution >= 0.6 is 11.8 Å². The molecule has 0 aromatic heterocycles. The minimum absolute atomic E-state index is 0.181. The van der Waals surface area contributed by atoms with E-state index in [2.05, 4.69) is 4.72 Å². The second-order valence-electron chi connectivity index (χ2n) is 4.59. The van der Waals surface area contributed by atoms with Crippen LogP contribution in [-0.4, -0.2) is 37.5 Å². The Balaban J connectivity index is 2.94. The molecular formula is C14H19NO4S2. The van der Waals surface area contributed by atoms with Gasteiger partial charge in [-0.2, -0.15) is 11.8 Å². The zero-order valence-corrected chi connectivity index (χ0v) is 13.8. The number of nitrogens with one attached hydrogen (secondary N) is 1. The Bertz CT molecular complexity index is 638. The number of aliphatic carboxylic acids is 1. The lowest BCUT2D eigenvalue weighted by Gasteiger charge is -2.11. The van der Waals surface area contributed by atoms with Crippen LogP contribution in [0.15, 0.2) is 29.2 Å². The van der Waals surface area contributed by atoms with Crippen molar-refractivity contribution in [3.8, 4) is 0 Å². The highest BCUT2D eigenvalue weighted by Gasteiger charge is 2.15. The predicted molar refractivity (Wildman–Crippen MR) is 86.0 cm³/mol. The molecular weight excluding hydrogens is 310 g/mol. The van der Waals surface area contributed by atoms with Gasteiger partial charge in [0, 0.05) is 17.9 Å². The summed E-state index contributed by atoms with van der Waals surface area (Å²) in [5.74, 6) is -1.04. The zero-order valence-electron chi connectivity index (χ0n) is 12.2. The number of thioether (sulfide) groups is 1. The molecule has 0 bridgehead atoms. The van der Waals surface area contributed by atoms with E-state index in [0.717, 1.165) is 6.08 Å². The van der Waals surface area contributed by atoms with Crippen molar-refractivity contribution in [1.29, 1.82) is 0 Å². The lowest BCUT2D eigenvalue weighted by atomic mass is 10.1. The van der Waals surface area contributed by atoms with Crippen molar-refractivity contribution in [3.05, 3.63) is 35.4 Å². The maximum atomic E-state index is 12.1. The SMILES string of the molecule is CSC(C)CNS(=O)(=O)c1ccc(/C=C/C(=O)O)c(C)c1. The summed E-state index contributed by atoms with van der Waals surface area (Å²) in [5, 5.41) is 8.79. The van der Waals surface area contributed by atoms with Crippen LogP contribution in [0.1, 0.15) is 18.1 Å². The van der Waals surface area contributed by atoms with Crippen LogP contribution in [0.3, 0.4) is 0 Å². The fourth-order valence-corrected chi connectivity index (χ4v) is 3.13. The van der Waals surface area contributed by atoms with E-state index in [4.69, 9.17) is 5.11 Å². The Morgan fingerprint density at radius 1 is 1.48 bits per heavy atom. The van der Waals surface area contributed by atoms with Gasteiger partial charge in [0.15, 0.2) is 0 Å². The normalized spacial score (nSPS) is 13.5. The molecule has 2 N–H and O–H groups in total. The average Bonchev–Trinajstić information content (AvgIpc) is 2.43. The summed E-state index contributed by atoms with van der Waals surface area (Å²) < 4.78 is 26.9. The van der Waals surface area contributed by atoms with Gasteiger partial charge in [0.05, 0.1) is 4.90 Å². The number of hydrogen-bond acceptors (Lipinski definition) is 4. The molecule has 0 saturated carbocycles. The Labute approximate surface area is 129 Å². The highest BCUT2D eigenvalue weighted by atomic mass is 32.2. The lowest BCUT2D eigenvalue weighted by molar-refractivity contribution is -0.131. The number of benzene rings is 1. The molecule has 1 aromatic rings. The molecule has 0 aliphatic carbocycles. The molecule has 0 fully saturated rings. The van der Waals surface area contributed by atoms with Crippen LogP contribution < -0.4 is 4.72 Å². The molecule has 0 spiro atoms. The van der Waals surface area contributed by atoms with Gasteiger partial charge in [0.25, 0.3) is 0 Å². The van der Waals surface area contributed by atoms with Gasteiger partial charge in [-0.15, -0.1) is 0 Å². The molecule has 21 heavy (non-hydrogen) atoms. The van der Waals surface area contributed by atoms with E-state index in [-0.39, 0.29) is 10.1 Å². The lowest BCUT2D eigenvalue weighted by Crippen LogP contribution is -2.29. The summed E-state index contributed by atoms with van der Waals surface area (Å²) in [5.41, 5.74) is 1.38. The van der Waals surface area contributed by atoms with Crippen molar-refractivity contribution < 1.29 is 18.3 Å². The van der Waals surface area contributed by atoms with Crippen LogP contribution in [0.2, 0.25) is 0 Å². The number of carboxylic acid groups (broad SMARTS) is 1. The van der Waals surface area contributed by atoms with Crippen molar-refractivity contribution in [2.24, 2.45) is 0 Å². The molecule has 0 heterocycles. The van der Waals surface area contributed by atoms with E-state index in [0.29, 0.717) is 17.7 Å². The van der Waals surface area contributed by atoms with E-state index in [1.165, 1.54) is 18.2 Å². The quantitative estimate of drug-likeness (QED) is 0.749. The number of aryl methyl sites for hydroxylation is 1. The van der Waals surface area contributed by atoms with Gasteiger partial charge in [0.1, 0.15) is 0 Å². The molecule has 0 amide bonds. The van der Waals surface area contributed by atoms with Gasteiger partial charge < -0.3 is 5.11 Å². The topological polar surface area (TPSA) is 83.5 Å². The van der Waals surface area contributed by atoms with E-state index >= 15 is 0 Å². The van der Waals surface area contributed by atoms with Crippen LogP contribution in [0, 0.1) is 6.92 Å². The minimum Gasteiger partial charge on any atom is -0.478 e. The monoisotopic (exact) mass is 329 g/mol. The van der Waals surface area contributed by atoms with Gasteiger partial charge in [0.2, 0.25) is 10.0 Å². The summed E-state index contributed by atoms with van der Waals surface area (Å²) in [6.07, 6.45) is 4.39. The Hall–Kier alpha value is -1.31. The molecule has 1 atom stereocenters. The van der Waals surface area contributed by atoms with Crippen molar-refractivity contribution in [2.75, 3.05) is 12.8 Å². The van der Waals surface area contributed by atoms with Gasteiger partial charge in [-0.1, -0.05) is 13.0 Å². The fourth-order valence-electron chi connectivity index (χ4n) is 1.56. The Morgan fingerprint density at radius 3 is 2.67 bits per heavy atom. The smallest absolute Gasteiger partial charge is 0.328 e. The first-order chi connectivity index (χ1) is 9.76. The summed E-state index contributed by atoms with van der Waals surface area (Å²) >= 11 is 1.58. The van der Waals surface area contributed by atoms with Crippen LogP contribution in [-0.2, 0) is 14.8 Å². The van der Waals surface area contributed by atoms with Crippen molar-refractivity contribution >= 4 is 33.8 Å². The predicted octanol–water partition coefficient (Wildman–Crippen LogP) is 2.12. The van der Waals surface area contributed by atoms with Gasteiger partial charge in [-0.25, -0.2) is 17.9 Å². The first-order valence-electron chi connectivity index (χ1n) is 6.30. The molecule has 1 rings (SSSR count). The minimum atomic E-state index is -3.54. The molecule has 0 radical (unpaired) electrons. The Kier molecular flexibility index (Phi) is 6.44. The molecule has 5 nitrogen and oxygen atoms in total. The largest absolute Gasteiger partial charge is 0.478 e. The summed E-state index contributed by atoms with van der Waals surface area (Å²) in [6, 6.07) is 4.61. The maximum Gasteiger partial charge on any atom is 0.328 e. The molecule has 1 aromatic carbocycles. The molecule has 1 unspecified atom stereocenters. The second-order valence-corrected chi connectivity index (χ2v) is 7.63. The average molecular weight is 329 g/mol. The highest BCUT2D eigenvalue weighted by Crippen LogP contribution is 2.17. The van der Waals surface area contributed by atoms with Crippen LogP contribution in [0.4, 0.5) is 0 Å². The fraction of sp³-hybridized carbons (Fsp3) is 0.357. The van der Waals surface area contributed by atoms with Crippen molar-refractivity contribution in [2.45, 2.75) is 24.0 Å².